The number of alkyl halides is 3. The number of ether oxygens (including phenoxy) is 1. The van der Waals surface area contributed by atoms with Gasteiger partial charge in [-0.05, 0) is 31.2 Å². The fourth-order valence-corrected chi connectivity index (χ4v) is 3.26. The lowest BCUT2D eigenvalue weighted by Crippen LogP contribution is -2.07. The Labute approximate surface area is 170 Å². The number of hydrogen-bond acceptors (Lipinski definition) is 4. The van der Waals surface area contributed by atoms with Gasteiger partial charge in [0.25, 0.3) is 0 Å². The predicted octanol–water partition coefficient (Wildman–Crippen LogP) is 4.67. The third-order valence-electron chi connectivity index (χ3n) is 4.66. The van der Waals surface area contributed by atoms with Crippen molar-refractivity contribution in [2.24, 2.45) is 7.05 Å². The van der Waals surface area contributed by atoms with Gasteiger partial charge in [0.1, 0.15) is 5.75 Å². The molecule has 0 saturated heterocycles. The zero-order valence-electron chi connectivity index (χ0n) is 16.5. The first-order valence-electron chi connectivity index (χ1n) is 9.05. The Balaban J connectivity index is 1.78. The van der Waals surface area contributed by atoms with Gasteiger partial charge in [0, 0.05) is 24.4 Å². The average Bonchev–Trinajstić information content (AvgIpc) is 3.32. The Morgan fingerprint density at radius 2 is 1.83 bits per heavy atom. The highest BCUT2D eigenvalue weighted by Gasteiger charge is 2.34. The van der Waals surface area contributed by atoms with Gasteiger partial charge in [-0.15, -0.1) is 0 Å². The van der Waals surface area contributed by atoms with E-state index in [0.29, 0.717) is 17.1 Å². The van der Waals surface area contributed by atoms with Crippen molar-refractivity contribution in [2.45, 2.75) is 13.1 Å². The van der Waals surface area contributed by atoms with E-state index in [4.69, 9.17) is 4.74 Å². The zero-order chi connectivity index (χ0) is 21.5. The second kappa shape index (κ2) is 7.33. The molecule has 2 heterocycles. The smallest absolute Gasteiger partial charge is 0.417 e. The van der Waals surface area contributed by atoms with Crippen molar-refractivity contribution in [2.75, 3.05) is 7.11 Å². The largest absolute Gasteiger partial charge is 0.495 e. The van der Waals surface area contributed by atoms with Crippen molar-refractivity contribution in [1.82, 2.24) is 24.3 Å². The van der Waals surface area contributed by atoms with Crippen LogP contribution < -0.4 is 4.74 Å². The summed E-state index contributed by atoms with van der Waals surface area (Å²) in [4.78, 5) is 8.60. The molecule has 0 bridgehead atoms. The SMILES string of the molecule is COc1cc(-c2nc(-c3ccccc3C(F)(F)F)nn2C)ccc1-n1cnc(C)c1. The van der Waals surface area contributed by atoms with Crippen LogP contribution in [0.15, 0.2) is 55.0 Å². The van der Waals surface area contributed by atoms with E-state index >= 15 is 0 Å². The molecule has 0 unspecified atom stereocenters. The predicted molar refractivity (Wildman–Crippen MR) is 105 cm³/mol. The molecular formula is C21H18F3N5O. The first kappa shape index (κ1) is 19.7. The molecule has 0 aliphatic carbocycles. The van der Waals surface area contributed by atoms with Crippen LogP contribution in [0.2, 0.25) is 0 Å². The lowest BCUT2D eigenvalue weighted by molar-refractivity contribution is -0.137. The van der Waals surface area contributed by atoms with Crippen LogP contribution in [0.4, 0.5) is 13.2 Å². The molecule has 0 N–H and O–H groups in total. The van der Waals surface area contributed by atoms with Crippen LogP contribution in [-0.2, 0) is 13.2 Å². The summed E-state index contributed by atoms with van der Waals surface area (Å²) in [6.07, 6.45) is -0.947. The molecule has 9 heteroatoms. The van der Waals surface area contributed by atoms with Crippen LogP contribution in [-0.4, -0.2) is 31.4 Å². The summed E-state index contributed by atoms with van der Waals surface area (Å²) in [7, 11) is 3.19. The maximum atomic E-state index is 13.4. The first-order chi connectivity index (χ1) is 14.3. The van der Waals surface area contributed by atoms with Crippen LogP contribution in [0.3, 0.4) is 0 Å². The second-order valence-corrected chi connectivity index (χ2v) is 6.73. The molecule has 2 aromatic heterocycles. The Bertz CT molecular complexity index is 1210. The van der Waals surface area contributed by atoms with Gasteiger partial charge < -0.3 is 9.30 Å². The number of benzene rings is 2. The summed E-state index contributed by atoms with van der Waals surface area (Å²) in [5.74, 6) is 1.01. The Morgan fingerprint density at radius 1 is 1.07 bits per heavy atom. The van der Waals surface area contributed by atoms with E-state index in [-0.39, 0.29) is 11.4 Å². The van der Waals surface area contributed by atoms with E-state index < -0.39 is 11.7 Å². The van der Waals surface area contributed by atoms with Crippen molar-refractivity contribution in [3.8, 4) is 34.2 Å². The molecule has 30 heavy (non-hydrogen) atoms. The van der Waals surface area contributed by atoms with Gasteiger partial charge in [-0.3, -0.25) is 0 Å². The van der Waals surface area contributed by atoms with Gasteiger partial charge in [-0.25, -0.2) is 14.6 Å². The summed E-state index contributed by atoms with van der Waals surface area (Å²) in [5.41, 5.74) is 1.47. The highest BCUT2D eigenvalue weighted by atomic mass is 19.4. The minimum Gasteiger partial charge on any atom is -0.495 e. The summed E-state index contributed by atoms with van der Waals surface area (Å²) < 4.78 is 49.0. The van der Waals surface area contributed by atoms with Gasteiger partial charge in [-0.1, -0.05) is 18.2 Å². The molecule has 4 rings (SSSR count). The lowest BCUT2D eigenvalue weighted by atomic mass is 10.1. The van der Waals surface area contributed by atoms with Crippen molar-refractivity contribution < 1.29 is 17.9 Å². The van der Waals surface area contributed by atoms with Crippen molar-refractivity contribution in [1.29, 1.82) is 0 Å². The number of halogens is 3. The Morgan fingerprint density at radius 3 is 2.50 bits per heavy atom. The number of imidazole rings is 1. The summed E-state index contributed by atoms with van der Waals surface area (Å²) in [5, 5.41) is 4.22. The van der Waals surface area contributed by atoms with E-state index in [9.17, 15) is 13.2 Å². The van der Waals surface area contributed by atoms with E-state index in [0.717, 1.165) is 17.4 Å². The first-order valence-corrected chi connectivity index (χ1v) is 9.05. The van der Waals surface area contributed by atoms with Gasteiger partial charge in [-0.2, -0.15) is 18.3 Å². The number of nitrogens with zero attached hydrogens (tertiary/aromatic N) is 5. The molecule has 0 fully saturated rings. The molecular weight excluding hydrogens is 395 g/mol. The van der Waals surface area contributed by atoms with Gasteiger partial charge in [0.15, 0.2) is 11.6 Å². The molecule has 0 radical (unpaired) electrons. The minimum absolute atomic E-state index is 0.00806. The third-order valence-corrected chi connectivity index (χ3v) is 4.66. The number of aryl methyl sites for hydroxylation is 2. The van der Waals surface area contributed by atoms with Gasteiger partial charge >= 0.3 is 6.18 Å². The van der Waals surface area contributed by atoms with Crippen LogP contribution >= 0.6 is 0 Å². The number of methoxy groups -OCH3 is 1. The number of hydrogen-bond donors (Lipinski definition) is 0. The maximum absolute atomic E-state index is 13.4. The topological polar surface area (TPSA) is 57.8 Å². The second-order valence-electron chi connectivity index (χ2n) is 6.73. The quantitative estimate of drug-likeness (QED) is 0.488. The van der Waals surface area contributed by atoms with Gasteiger partial charge in [0.2, 0.25) is 0 Å². The van der Waals surface area contributed by atoms with E-state index in [1.165, 1.54) is 22.9 Å². The number of rotatable bonds is 4. The van der Waals surface area contributed by atoms with Gasteiger partial charge in [0.05, 0.1) is 30.4 Å². The molecule has 0 amide bonds. The molecule has 0 aliphatic heterocycles. The summed E-state index contributed by atoms with van der Waals surface area (Å²) in [6, 6.07) is 10.7. The third kappa shape index (κ3) is 3.54. The lowest BCUT2D eigenvalue weighted by Gasteiger charge is -2.11. The Kier molecular flexibility index (Phi) is 4.81. The minimum atomic E-state index is -4.50. The van der Waals surface area contributed by atoms with Crippen molar-refractivity contribution in [3.63, 3.8) is 0 Å². The molecule has 0 spiro atoms. The average molecular weight is 413 g/mol. The molecule has 0 saturated carbocycles. The van der Waals surface area contributed by atoms with Crippen LogP contribution in [0.25, 0.3) is 28.5 Å². The van der Waals surface area contributed by atoms with E-state index in [1.54, 1.807) is 26.6 Å². The fourth-order valence-electron chi connectivity index (χ4n) is 3.26. The maximum Gasteiger partial charge on any atom is 0.417 e. The fraction of sp³-hybridized carbons (Fsp3) is 0.190. The van der Waals surface area contributed by atoms with Crippen molar-refractivity contribution >= 4 is 0 Å². The highest BCUT2D eigenvalue weighted by molar-refractivity contribution is 5.67. The highest BCUT2D eigenvalue weighted by Crippen LogP contribution is 2.37. The number of aromatic nitrogens is 5. The van der Waals surface area contributed by atoms with E-state index in [1.807, 2.05) is 29.8 Å². The van der Waals surface area contributed by atoms with Crippen LogP contribution in [0.1, 0.15) is 11.3 Å². The monoisotopic (exact) mass is 413 g/mol. The van der Waals surface area contributed by atoms with E-state index in [2.05, 4.69) is 15.1 Å². The van der Waals surface area contributed by atoms with Crippen molar-refractivity contribution in [3.05, 3.63) is 66.2 Å². The normalized spacial score (nSPS) is 11.7. The Hall–Kier alpha value is -3.62. The van der Waals surface area contributed by atoms with Crippen LogP contribution in [0.5, 0.6) is 5.75 Å². The molecule has 6 nitrogen and oxygen atoms in total. The molecule has 4 aromatic rings. The molecule has 2 aromatic carbocycles. The summed E-state index contributed by atoms with van der Waals surface area (Å²) in [6.45, 7) is 1.89. The summed E-state index contributed by atoms with van der Waals surface area (Å²) >= 11 is 0. The zero-order valence-corrected chi connectivity index (χ0v) is 16.5. The standard InChI is InChI=1S/C21H18F3N5O/c1-13-11-29(12-25-13)17-9-8-14(10-18(17)30-3)20-26-19(27-28(20)2)15-6-4-5-7-16(15)21(22,23)24/h4-12H,1-3H3. The van der Waals surface area contributed by atoms with Crippen LogP contribution in [0, 0.1) is 6.92 Å². The molecule has 154 valence electrons. The molecule has 0 atom stereocenters. The molecule has 0 aliphatic rings.